The summed E-state index contributed by atoms with van der Waals surface area (Å²) >= 11 is 1.58. The SMILES string of the molecule is Cc1ncc(CNc2c(C(=O)O)c(C)nn2C)s1. The molecule has 0 fully saturated rings. The van der Waals surface area contributed by atoms with E-state index in [1.807, 2.05) is 6.92 Å². The van der Waals surface area contributed by atoms with Gasteiger partial charge in [0.15, 0.2) is 0 Å². The number of nitrogens with one attached hydrogen (secondary N) is 1. The molecular formula is C11H14N4O2S. The largest absolute Gasteiger partial charge is 0.477 e. The van der Waals surface area contributed by atoms with Crippen molar-refractivity contribution in [1.29, 1.82) is 0 Å². The first-order valence-corrected chi connectivity index (χ1v) is 6.22. The Labute approximate surface area is 108 Å². The topological polar surface area (TPSA) is 80.0 Å². The molecule has 2 heterocycles. The first-order chi connectivity index (χ1) is 8.49. The Kier molecular flexibility index (Phi) is 3.33. The van der Waals surface area contributed by atoms with E-state index in [0.29, 0.717) is 18.1 Å². The predicted molar refractivity (Wildman–Crippen MR) is 69.1 cm³/mol. The summed E-state index contributed by atoms with van der Waals surface area (Å²) in [6.07, 6.45) is 1.79. The molecule has 0 unspecified atom stereocenters. The molecule has 2 rings (SSSR count). The van der Waals surface area contributed by atoms with Crippen molar-refractivity contribution in [3.05, 3.63) is 27.3 Å². The van der Waals surface area contributed by atoms with Crippen molar-refractivity contribution in [2.24, 2.45) is 7.05 Å². The molecule has 2 aromatic heterocycles. The fraction of sp³-hybridized carbons (Fsp3) is 0.364. The Morgan fingerprint density at radius 3 is 2.83 bits per heavy atom. The lowest BCUT2D eigenvalue weighted by molar-refractivity contribution is 0.0697. The molecule has 0 atom stereocenters. The number of aryl methyl sites for hydroxylation is 3. The highest BCUT2D eigenvalue weighted by molar-refractivity contribution is 7.11. The number of anilines is 1. The lowest BCUT2D eigenvalue weighted by Crippen LogP contribution is -2.08. The average molecular weight is 266 g/mol. The number of aromatic carboxylic acids is 1. The van der Waals surface area contributed by atoms with Gasteiger partial charge in [0.1, 0.15) is 11.4 Å². The number of carboxylic acid groups (broad SMARTS) is 1. The summed E-state index contributed by atoms with van der Waals surface area (Å²) in [4.78, 5) is 16.4. The maximum Gasteiger partial charge on any atom is 0.341 e. The summed E-state index contributed by atoms with van der Waals surface area (Å²) in [6, 6.07) is 0. The van der Waals surface area contributed by atoms with Gasteiger partial charge in [0.25, 0.3) is 0 Å². The first-order valence-electron chi connectivity index (χ1n) is 5.41. The van der Waals surface area contributed by atoms with E-state index < -0.39 is 5.97 Å². The fourth-order valence-corrected chi connectivity index (χ4v) is 2.51. The summed E-state index contributed by atoms with van der Waals surface area (Å²) in [5.74, 6) is -0.449. The molecule has 0 aliphatic heterocycles. The van der Waals surface area contributed by atoms with Gasteiger partial charge >= 0.3 is 5.97 Å². The number of thiazole rings is 1. The van der Waals surface area contributed by atoms with E-state index >= 15 is 0 Å². The number of hydrogen-bond donors (Lipinski definition) is 2. The summed E-state index contributed by atoms with van der Waals surface area (Å²) in [6.45, 7) is 4.17. The summed E-state index contributed by atoms with van der Waals surface area (Å²) in [5, 5.41) is 17.4. The van der Waals surface area contributed by atoms with Gasteiger partial charge in [-0.25, -0.2) is 9.78 Å². The number of nitrogens with zero attached hydrogens (tertiary/aromatic N) is 3. The standard InChI is InChI=1S/C11H14N4O2S/c1-6-9(11(16)17)10(15(3)14-6)13-5-8-4-12-7(2)18-8/h4,13H,5H2,1-3H3,(H,16,17). The summed E-state index contributed by atoms with van der Waals surface area (Å²) < 4.78 is 1.55. The van der Waals surface area contributed by atoms with Crippen LogP contribution in [0.25, 0.3) is 0 Å². The van der Waals surface area contributed by atoms with E-state index in [4.69, 9.17) is 5.11 Å². The first kappa shape index (κ1) is 12.6. The van der Waals surface area contributed by atoms with Crippen molar-refractivity contribution in [2.75, 3.05) is 5.32 Å². The quantitative estimate of drug-likeness (QED) is 0.882. The van der Waals surface area contributed by atoms with Gasteiger partial charge in [-0.15, -0.1) is 11.3 Å². The second-order valence-corrected chi connectivity index (χ2v) is 5.26. The van der Waals surface area contributed by atoms with Crippen LogP contribution in [-0.2, 0) is 13.6 Å². The molecule has 2 aromatic rings. The molecular weight excluding hydrogens is 252 g/mol. The van der Waals surface area contributed by atoms with Crippen molar-refractivity contribution in [2.45, 2.75) is 20.4 Å². The molecule has 0 spiro atoms. The highest BCUT2D eigenvalue weighted by Crippen LogP contribution is 2.20. The smallest absolute Gasteiger partial charge is 0.341 e. The van der Waals surface area contributed by atoms with Crippen LogP contribution in [0.1, 0.15) is 25.9 Å². The van der Waals surface area contributed by atoms with Crippen LogP contribution in [0, 0.1) is 13.8 Å². The number of carbonyl (C=O) groups is 1. The van der Waals surface area contributed by atoms with Gasteiger partial charge in [-0.2, -0.15) is 5.10 Å². The van der Waals surface area contributed by atoms with Gasteiger partial charge in [0, 0.05) is 18.1 Å². The Balaban J connectivity index is 2.21. The molecule has 0 aliphatic carbocycles. The summed E-state index contributed by atoms with van der Waals surface area (Å²) in [5.41, 5.74) is 0.728. The molecule has 96 valence electrons. The lowest BCUT2D eigenvalue weighted by Gasteiger charge is -2.06. The molecule has 2 N–H and O–H groups in total. The molecule has 0 saturated carbocycles. The van der Waals surface area contributed by atoms with Gasteiger partial charge in [0.05, 0.1) is 17.2 Å². The van der Waals surface area contributed by atoms with Crippen LogP contribution in [0.4, 0.5) is 5.82 Å². The van der Waals surface area contributed by atoms with E-state index in [2.05, 4.69) is 15.4 Å². The number of aromatic nitrogens is 3. The number of rotatable bonds is 4. The van der Waals surface area contributed by atoms with Gasteiger partial charge < -0.3 is 10.4 Å². The minimum Gasteiger partial charge on any atom is -0.477 e. The second-order valence-electron chi connectivity index (χ2n) is 3.94. The third-order valence-corrected chi connectivity index (χ3v) is 3.45. The van der Waals surface area contributed by atoms with Crippen molar-refractivity contribution < 1.29 is 9.90 Å². The molecule has 7 heteroatoms. The minimum atomic E-state index is -0.969. The molecule has 0 bridgehead atoms. The van der Waals surface area contributed by atoms with E-state index in [9.17, 15) is 4.79 Å². The van der Waals surface area contributed by atoms with E-state index in [1.54, 1.807) is 36.2 Å². The third kappa shape index (κ3) is 2.35. The van der Waals surface area contributed by atoms with E-state index in [1.165, 1.54) is 0 Å². The van der Waals surface area contributed by atoms with Gasteiger partial charge in [0.2, 0.25) is 0 Å². The van der Waals surface area contributed by atoms with Crippen LogP contribution in [0.3, 0.4) is 0 Å². The van der Waals surface area contributed by atoms with Crippen molar-refractivity contribution >= 4 is 23.1 Å². The van der Waals surface area contributed by atoms with Gasteiger partial charge in [-0.1, -0.05) is 0 Å². The molecule has 0 aliphatic rings. The van der Waals surface area contributed by atoms with Gasteiger partial charge in [-0.3, -0.25) is 4.68 Å². The van der Waals surface area contributed by atoms with Crippen LogP contribution in [0.5, 0.6) is 0 Å². The van der Waals surface area contributed by atoms with E-state index in [0.717, 1.165) is 9.88 Å². The van der Waals surface area contributed by atoms with Crippen LogP contribution in [0.15, 0.2) is 6.20 Å². The minimum absolute atomic E-state index is 0.221. The normalized spacial score (nSPS) is 10.6. The maximum atomic E-state index is 11.2. The van der Waals surface area contributed by atoms with Gasteiger partial charge in [-0.05, 0) is 13.8 Å². The van der Waals surface area contributed by atoms with E-state index in [-0.39, 0.29) is 5.56 Å². The highest BCUT2D eigenvalue weighted by atomic mass is 32.1. The monoisotopic (exact) mass is 266 g/mol. The number of carboxylic acids is 1. The van der Waals surface area contributed by atoms with Crippen LogP contribution in [-0.4, -0.2) is 25.8 Å². The second kappa shape index (κ2) is 4.77. The number of hydrogen-bond acceptors (Lipinski definition) is 5. The Bertz CT molecular complexity index is 588. The Morgan fingerprint density at radius 1 is 1.56 bits per heavy atom. The Hall–Kier alpha value is -1.89. The molecule has 0 radical (unpaired) electrons. The highest BCUT2D eigenvalue weighted by Gasteiger charge is 2.19. The van der Waals surface area contributed by atoms with Crippen LogP contribution in [0.2, 0.25) is 0 Å². The molecule has 6 nitrogen and oxygen atoms in total. The molecule has 0 aromatic carbocycles. The zero-order valence-electron chi connectivity index (χ0n) is 10.4. The molecule has 0 amide bonds. The summed E-state index contributed by atoms with van der Waals surface area (Å²) in [7, 11) is 1.72. The van der Waals surface area contributed by atoms with Crippen LogP contribution < -0.4 is 5.32 Å². The Morgan fingerprint density at radius 2 is 2.28 bits per heavy atom. The van der Waals surface area contributed by atoms with Crippen LogP contribution >= 0.6 is 11.3 Å². The maximum absolute atomic E-state index is 11.2. The van der Waals surface area contributed by atoms with Crippen molar-refractivity contribution in [3.63, 3.8) is 0 Å². The van der Waals surface area contributed by atoms with Crippen molar-refractivity contribution in [3.8, 4) is 0 Å². The van der Waals surface area contributed by atoms with Crippen molar-refractivity contribution in [1.82, 2.24) is 14.8 Å². The lowest BCUT2D eigenvalue weighted by atomic mass is 10.2. The molecule has 0 saturated heterocycles. The molecule has 18 heavy (non-hydrogen) atoms. The predicted octanol–water partition coefficient (Wildman–Crippen LogP) is 1.80. The fourth-order valence-electron chi connectivity index (χ4n) is 1.77. The zero-order chi connectivity index (χ0) is 13.3. The zero-order valence-corrected chi connectivity index (χ0v) is 11.2. The third-order valence-electron chi connectivity index (χ3n) is 2.54. The average Bonchev–Trinajstić information content (AvgIpc) is 2.79.